The van der Waals surface area contributed by atoms with Crippen LogP contribution in [-0.4, -0.2) is 54.3 Å². The standard InChI is InChI=1S/C31H37F8N7O/c1-3-44(16-19-6-4-5-7-19)28-21(12-25-26(33)14-24(32)15-27(25)42-28)18-45(29(40)43-46(41)8-9-47-2)17-20-10-22(30(34,35)36)13-23(11-20)31(37,38)39/h10-15,19H,3-9,16-18,41H2,1-2H3,(H2,40,43). The van der Waals surface area contributed by atoms with Crippen LogP contribution in [-0.2, 0) is 30.2 Å². The summed E-state index contributed by atoms with van der Waals surface area (Å²) in [7, 11) is 1.42. The van der Waals surface area contributed by atoms with E-state index in [2.05, 4.69) is 10.1 Å². The Kier molecular flexibility index (Phi) is 11.4. The average molecular weight is 676 g/mol. The summed E-state index contributed by atoms with van der Waals surface area (Å²) in [6, 6.07) is 4.45. The minimum absolute atomic E-state index is 0.0310. The highest BCUT2D eigenvalue weighted by atomic mass is 19.4. The fourth-order valence-electron chi connectivity index (χ4n) is 5.68. The summed E-state index contributed by atoms with van der Waals surface area (Å²) >= 11 is 0. The van der Waals surface area contributed by atoms with Gasteiger partial charge in [0.2, 0.25) is 5.96 Å². The van der Waals surface area contributed by atoms with Gasteiger partial charge in [0.05, 0.1) is 29.8 Å². The predicted molar refractivity (Wildman–Crippen MR) is 162 cm³/mol. The molecule has 0 bridgehead atoms. The van der Waals surface area contributed by atoms with Crippen LogP contribution in [0.2, 0.25) is 0 Å². The summed E-state index contributed by atoms with van der Waals surface area (Å²) in [5.74, 6) is 4.51. The molecule has 0 unspecified atom stereocenters. The van der Waals surface area contributed by atoms with Gasteiger partial charge in [0.25, 0.3) is 0 Å². The van der Waals surface area contributed by atoms with E-state index in [1.54, 1.807) is 0 Å². The first-order valence-corrected chi connectivity index (χ1v) is 15.0. The van der Waals surface area contributed by atoms with E-state index in [1.165, 1.54) is 18.1 Å². The number of guanidine groups is 1. The van der Waals surface area contributed by atoms with E-state index in [0.29, 0.717) is 48.6 Å². The second-order valence-electron chi connectivity index (χ2n) is 11.5. The molecule has 0 aliphatic heterocycles. The summed E-state index contributed by atoms with van der Waals surface area (Å²) in [5.41, 5.74) is 3.32. The molecule has 0 amide bonds. The molecule has 1 saturated carbocycles. The lowest BCUT2D eigenvalue weighted by Crippen LogP contribution is -2.41. The van der Waals surface area contributed by atoms with Crippen LogP contribution in [0.3, 0.4) is 0 Å². The number of rotatable bonds is 12. The van der Waals surface area contributed by atoms with Gasteiger partial charge >= 0.3 is 12.4 Å². The summed E-state index contributed by atoms with van der Waals surface area (Å²) in [6.07, 6.45) is -6.05. The van der Waals surface area contributed by atoms with Crippen molar-refractivity contribution in [1.82, 2.24) is 15.0 Å². The zero-order valence-corrected chi connectivity index (χ0v) is 25.9. The number of nitrogens with zero attached hydrogens (tertiary/aromatic N) is 5. The Morgan fingerprint density at radius 3 is 2.17 bits per heavy atom. The number of hydrogen-bond donors (Lipinski definition) is 2. The van der Waals surface area contributed by atoms with Crippen LogP contribution in [0.1, 0.15) is 54.9 Å². The van der Waals surface area contributed by atoms with E-state index in [9.17, 15) is 30.7 Å². The van der Waals surface area contributed by atoms with Gasteiger partial charge in [0.1, 0.15) is 17.5 Å². The summed E-state index contributed by atoms with van der Waals surface area (Å²) in [6.45, 7) is 2.27. The quantitative estimate of drug-likeness (QED) is 0.0733. The molecule has 2 aromatic carbocycles. The van der Waals surface area contributed by atoms with Gasteiger partial charge in [-0.05, 0) is 55.5 Å². The van der Waals surface area contributed by atoms with Gasteiger partial charge in [0, 0.05) is 56.4 Å². The number of anilines is 1. The number of hydrogen-bond acceptors (Lipinski definition) is 6. The minimum atomic E-state index is -5.07. The second-order valence-corrected chi connectivity index (χ2v) is 11.5. The van der Waals surface area contributed by atoms with Crippen LogP contribution in [0, 0.1) is 17.6 Å². The van der Waals surface area contributed by atoms with Gasteiger partial charge < -0.3 is 20.3 Å². The number of ether oxygens (including phenoxy) is 1. The maximum atomic E-state index is 15.0. The molecule has 4 N–H and O–H groups in total. The Balaban J connectivity index is 1.85. The van der Waals surface area contributed by atoms with Crippen LogP contribution < -0.4 is 16.5 Å². The van der Waals surface area contributed by atoms with Crippen LogP contribution >= 0.6 is 0 Å². The number of alkyl halides is 6. The SMILES string of the molecule is CCN(CC1CCCC1)c1nc2cc(F)cc(F)c2cc1CN(Cc1cc(C(F)(F)F)cc(C(F)(F)F)c1)/C(N)=N/N(N)CCOC. The first-order chi connectivity index (χ1) is 22.1. The molecule has 1 aromatic heterocycles. The fraction of sp³-hybridized carbons (Fsp3) is 0.484. The van der Waals surface area contributed by atoms with E-state index in [4.69, 9.17) is 16.3 Å². The van der Waals surface area contributed by atoms with Crippen LogP contribution in [0.15, 0.2) is 41.5 Å². The zero-order chi connectivity index (χ0) is 34.5. The number of halogens is 8. The summed E-state index contributed by atoms with van der Waals surface area (Å²) in [4.78, 5) is 7.78. The van der Waals surface area contributed by atoms with Crippen LogP contribution in [0.5, 0.6) is 0 Å². The van der Waals surface area contributed by atoms with E-state index in [1.807, 2.05) is 11.8 Å². The Bertz CT molecular complexity index is 1530. The van der Waals surface area contributed by atoms with Crippen molar-refractivity contribution in [3.63, 3.8) is 0 Å². The molecular formula is C31H37F8N7O. The zero-order valence-electron chi connectivity index (χ0n) is 25.9. The fourth-order valence-corrected chi connectivity index (χ4v) is 5.68. The van der Waals surface area contributed by atoms with Gasteiger partial charge in [-0.3, -0.25) is 0 Å². The maximum absolute atomic E-state index is 15.0. The number of nitrogens with two attached hydrogens (primary N) is 2. The third kappa shape index (κ3) is 9.34. The molecule has 3 aromatic rings. The van der Waals surface area contributed by atoms with Gasteiger partial charge in [-0.2, -0.15) is 26.3 Å². The summed E-state index contributed by atoms with van der Waals surface area (Å²) in [5, 5.41) is 4.95. The number of pyridine rings is 1. The molecular weight excluding hydrogens is 638 g/mol. The Hall–Kier alpha value is -3.92. The van der Waals surface area contributed by atoms with Crippen molar-refractivity contribution < 1.29 is 39.9 Å². The second kappa shape index (κ2) is 14.9. The first-order valence-electron chi connectivity index (χ1n) is 15.0. The average Bonchev–Trinajstić information content (AvgIpc) is 3.50. The molecule has 1 heterocycles. The van der Waals surface area contributed by atoms with Crippen molar-refractivity contribution in [2.75, 3.05) is 38.3 Å². The highest BCUT2D eigenvalue weighted by molar-refractivity contribution is 5.83. The molecule has 1 aliphatic carbocycles. The Labute approximate surface area is 266 Å². The van der Waals surface area contributed by atoms with Gasteiger partial charge in [-0.15, -0.1) is 5.10 Å². The smallest absolute Gasteiger partial charge is 0.383 e. The molecule has 1 fully saturated rings. The van der Waals surface area contributed by atoms with Crippen molar-refractivity contribution in [3.05, 3.63) is 70.3 Å². The van der Waals surface area contributed by atoms with Gasteiger partial charge in [0.15, 0.2) is 0 Å². The van der Waals surface area contributed by atoms with E-state index in [-0.39, 0.29) is 48.2 Å². The van der Waals surface area contributed by atoms with E-state index in [0.717, 1.165) is 36.9 Å². The van der Waals surface area contributed by atoms with Crippen LogP contribution in [0.4, 0.5) is 40.9 Å². The third-order valence-corrected chi connectivity index (χ3v) is 8.00. The molecule has 0 spiro atoms. The lowest BCUT2D eigenvalue weighted by atomic mass is 10.0. The van der Waals surface area contributed by atoms with Crippen LogP contribution in [0.25, 0.3) is 10.9 Å². The van der Waals surface area contributed by atoms with Gasteiger partial charge in [-0.1, -0.05) is 12.8 Å². The van der Waals surface area contributed by atoms with Crippen molar-refractivity contribution in [3.8, 4) is 0 Å². The highest BCUT2D eigenvalue weighted by Crippen LogP contribution is 2.37. The molecule has 16 heteroatoms. The molecule has 1 aliphatic rings. The number of methoxy groups -OCH3 is 1. The Morgan fingerprint density at radius 2 is 1.60 bits per heavy atom. The largest absolute Gasteiger partial charge is 0.416 e. The maximum Gasteiger partial charge on any atom is 0.416 e. The third-order valence-electron chi connectivity index (χ3n) is 8.00. The molecule has 0 radical (unpaired) electrons. The number of hydrazone groups is 1. The summed E-state index contributed by atoms with van der Waals surface area (Å²) < 4.78 is 116. The molecule has 0 saturated heterocycles. The first kappa shape index (κ1) is 35.9. The number of hydrazine groups is 1. The van der Waals surface area contributed by atoms with E-state index >= 15 is 4.39 Å². The molecule has 8 nitrogen and oxygen atoms in total. The van der Waals surface area contributed by atoms with E-state index < -0.39 is 41.7 Å². The molecule has 258 valence electrons. The van der Waals surface area contributed by atoms with Crippen molar-refractivity contribution in [2.45, 2.75) is 58.0 Å². The highest BCUT2D eigenvalue weighted by Gasteiger charge is 2.37. The van der Waals surface area contributed by atoms with Crippen molar-refractivity contribution in [2.24, 2.45) is 22.6 Å². The molecule has 47 heavy (non-hydrogen) atoms. The lowest BCUT2D eigenvalue weighted by molar-refractivity contribution is -0.143. The van der Waals surface area contributed by atoms with Gasteiger partial charge in [-0.25, -0.2) is 24.7 Å². The predicted octanol–water partition coefficient (Wildman–Crippen LogP) is 6.62. The normalized spacial score (nSPS) is 14.7. The monoisotopic (exact) mass is 675 g/mol. The molecule has 4 rings (SSSR count). The Morgan fingerprint density at radius 1 is 0.957 bits per heavy atom. The molecule has 0 atom stereocenters. The number of fused-ring (bicyclic) bond motifs is 1. The topological polar surface area (TPSA) is 96.2 Å². The minimum Gasteiger partial charge on any atom is -0.383 e. The van der Waals surface area contributed by atoms with Crippen molar-refractivity contribution >= 4 is 22.7 Å². The number of benzene rings is 2. The number of aromatic nitrogens is 1. The lowest BCUT2D eigenvalue weighted by Gasteiger charge is -2.31. The van der Waals surface area contributed by atoms with Crippen molar-refractivity contribution in [1.29, 1.82) is 0 Å².